The smallest absolute Gasteiger partial charge is 0.161 e. The molecule has 120 valence electrons. The van der Waals surface area contributed by atoms with E-state index < -0.39 is 0 Å². The fraction of sp³-hybridized carbons (Fsp3) is 0.263. The summed E-state index contributed by atoms with van der Waals surface area (Å²) >= 11 is 3.81. The molecule has 0 saturated carbocycles. The first-order valence-electron chi connectivity index (χ1n) is 7.66. The first-order chi connectivity index (χ1) is 11.4. The zero-order valence-electron chi connectivity index (χ0n) is 13.2. The van der Waals surface area contributed by atoms with Crippen molar-refractivity contribution in [3.8, 4) is 11.5 Å². The van der Waals surface area contributed by atoms with Gasteiger partial charge in [0.15, 0.2) is 11.5 Å². The van der Waals surface area contributed by atoms with Crippen molar-refractivity contribution in [2.24, 2.45) is 0 Å². The summed E-state index contributed by atoms with van der Waals surface area (Å²) in [5.74, 6) is 3.94. The van der Waals surface area contributed by atoms with Crippen LogP contribution in [0.4, 0.5) is 0 Å². The molecule has 3 rings (SSSR count). The Morgan fingerprint density at radius 2 is 1.87 bits per heavy atom. The Kier molecular flexibility index (Phi) is 5.94. The lowest BCUT2D eigenvalue weighted by molar-refractivity contribution is 0.284. The van der Waals surface area contributed by atoms with E-state index in [9.17, 15) is 0 Å². The molecule has 0 atom stereocenters. The summed E-state index contributed by atoms with van der Waals surface area (Å²) in [5.41, 5.74) is 2.35. The summed E-state index contributed by atoms with van der Waals surface area (Å²) in [4.78, 5) is 1.32. The van der Waals surface area contributed by atoms with Gasteiger partial charge in [0, 0.05) is 4.91 Å². The van der Waals surface area contributed by atoms with E-state index in [0.717, 1.165) is 17.1 Å². The van der Waals surface area contributed by atoms with Crippen molar-refractivity contribution in [3.63, 3.8) is 0 Å². The van der Waals surface area contributed by atoms with Crippen molar-refractivity contribution in [1.82, 2.24) is 0 Å². The highest BCUT2D eigenvalue weighted by Crippen LogP contribution is 2.38. The van der Waals surface area contributed by atoms with E-state index in [-0.39, 0.29) is 0 Å². The van der Waals surface area contributed by atoms with Crippen molar-refractivity contribution in [3.05, 3.63) is 65.1 Å². The molecule has 0 amide bonds. The minimum absolute atomic E-state index is 0.545. The molecule has 0 unspecified atom stereocenters. The van der Waals surface area contributed by atoms with Crippen molar-refractivity contribution in [2.75, 3.05) is 18.6 Å². The highest BCUT2D eigenvalue weighted by molar-refractivity contribution is 8.10. The molecule has 0 N–H and O–H groups in total. The minimum atomic E-state index is 0.545. The van der Waals surface area contributed by atoms with E-state index in [0.29, 0.717) is 6.61 Å². The molecule has 1 aliphatic heterocycles. The highest BCUT2D eigenvalue weighted by Gasteiger charge is 2.11. The SMILES string of the molecule is COc1cc(C2=CSCCCS2)ccc1OCc1ccccc1. The van der Waals surface area contributed by atoms with Gasteiger partial charge in [0.25, 0.3) is 0 Å². The van der Waals surface area contributed by atoms with Gasteiger partial charge in [-0.25, -0.2) is 0 Å². The Morgan fingerprint density at radius 1 is 1.00 bits per heavy atom. The zero-order chi connectivity index (χ0) is 15.9. The number of ether oxygens (including phenoxy) is 2. The van der Waals surface area contributed by atoms with Crippen LogP contribution < -0.4 is 9.47 Å². The lowest BCUT2D eigenvalue weighted by Gasteiger charge is -2.13. The number of rotatable bonds is 5. The van der Waals surface area contributed by atoms with Gasteiger partial charge in [0.2, 0.25) is 0 Å². The topological polar surface area (TPSA) is 18.5 Å². The van der Waals surface area contributed by atoms with Crippen LogP contribution in [0.25, 0.3) is 4.91 Å². The number of hydrogen-bond donors (Lipinski definition) is 0. The highest BCUT2D eigenvalue weighted by atomic mass is 32.2. The molecule has 1 aliphatic rings. The lowest BCUT2D eigenvalue weighted by atomic mass is 10.2. The first-order valence-corrected chi connectivity index (χ1v) is 9.70. The lowest BCUT2D eigenvalue weighted by Crippen LogP contribution is -1.98. The van der Waals surface area contributed by atoms with Crippen LogP contribution in [-0.2, 0) is 6.61 Å². The van der Waals surface area contributed by atoms with Gasteiger partial charge in [-0.15, -0.1) is 23.5 Å². The second-order valence-corrected chi connectivity index (χ2v) is 7.31. The summed E-state index contributed by atoms with van der Waals surface area (Å²) in [5, 5.41) is 2.26. The van der Waals surface area contributed by atoms with Gasteiger partial charge in [0.1, 0.15) is 6.61 Å². The Hall–Kier alpha value is -1.52. The van der Waals surface area contributed by atoms with E-state index in [1.165, 1.54) is 28.4 Å². The van der Waals surface area contributed by atoms with Crippen molar-refractivity contribution in [2.45, 2.75) is 13.0 Å². The standard InChI is InChI=1S/C19H20O2S2/c1-20-18-12-16(19-14-22-10-5-11-23-19)8-9-17(18)21-13-15-6-3-2-4-7-15/h2-4,6-9,12,14H,5,10-11,13H2,1H3. The van der Waals surface area contributed by atoms with E-state index in [1.807, 2.05) is 47.8 Å². The van der Waals surface area contributed by atoms with Gasteiger partial charge < -0.3 is 9.47 Å². The molecular formula is C19H20O2S2. The zero-order valence-corrected chi connectivity index (χ0v) is 14.8. The molecule has 0 radical (unpaired) electrons. The normalized spacial score (nSPS) is 14.7. The van der Waals surface area contributed by atoms with Gasteiger partial charge in [-0.3, -0.25) is 0 Å². The fourth-order valence-corrected chi connectivity index (χ4v) is 4.50. The summed E-state index contributed by atoms with van der Waals surface area (Å²) in [6.45, 7) is 0.545. The molecule has 2 nitrogen and oxygen atoms in total. The van der Waals surface area contributed by atoms with E-state index in [2.05, 4.69) is 29.7 Å². The van der Waals surface area contributed by atoms with Crippen LogP contribution in [0.2, 0.25) is 0 Å². The molecule has 0 fully saturated rings. The molecule has 0 aliphatic carbocycles. The molecule has 1 heterocycles. The first kappa shape index (κ1) is 16.3. The molecule has 23 heavy (non-hydrogen) atoms. The Bertz CT molecular complexity index is 668. The third-order valence-electron chi connectivity index (χ3n) is 3.54. The molecule has 0 saturated heterocycles. The number of benzene rings is 2. The average molecular weight is 345 g/mol. The summed E-state index contributed by atoms with van der Waals surface area (Å²) in [6.07, 6.45) is 1.25. The van der Waals surface area contributed by atoms with Gasteiger partial charge in [0.05, 0.1) is 7.11 Å². The predicted molar refractivity (Wildman–Crippen MR) is 101 cm³/mol. The second kappa shape index (κ2) is 8.37. The molecule has 0 spiro atoms. The van der Waals surface area contributed by atoms with E-state index in [1.54, 1.807) is 7.11 Å². The molecule has 4 heteroatoms. The van der Waals surface area contributed by atoms with Crippen LogP contribution in [0.3, 0.4) is 0 Å². The second-order valence-electron chi connectivity index (χ2n) is 5.19. The summed E-state index contributed by atoms with van der Waals surface area (Å²) < 4.78 is 11.5. The van der Waals surface area contributed by atoms with Gasteiger partial charge in [-0.1, -0.05) is 30.3 Å². The summed E-state index contributed by atoms with van der Waals surface area (Å²) in [7, 11) is 1.69. The van der Waals surface area contributed by atoms with Crippen LogP contribution in [0.15, 0.2) is 53.9 Å². The quantitative estimate of drug-likeness (QED) is 0.718. The van der Waals surface area contributed by atoms with Crippen LogP contribution in [0, 0.1) is 0 Å². The maximum Gasteiger partial charge on any atom is 0.161 e. The van der Waals surface area contributed by atoms with E-state index >= 15 is 0 Å². The molecule has 2 aromatic carbocycles. The summed E-state index contributed by atoms with van der Waals surface area (Å²) in [6, 6.07) is 16.4. The Morgan fingerprint density at radius 3 is 2.70 bits per heavy atom. The van der Waals surface area contributed by atoms with Crippen molar-refractivity contribution < 1.29 is 9.47 Å². The Balaban J connectivity index is 1.75. The monoisotopic (exact) mass is 344 g/mol. The molecule has 0 bridgehead atoms. The third-order valence-corrected chi connectivity index (χ3v) is 5.77. The average Bonchev–Trinajstić information content (AvgIpc) is 2.90. The van der Waals surface area contributed by atoms with Crippen LogP contribution >= 0.6 is 23.5 Å². The molecular weight excluding hydrogens is 324 g/mol. The van der Waals surface area contributed by atoms with Crippen LogP contribution in [0.1, 0.15) is 17.5 Å². The molecule has 0 aromatic heterocycles. The maximum absolute atomic E-state index is 5.92. The molecule has 2 aromatic rings. The third kappa shape index (κ3) is 4.49. The number of hydrogen-bond acceptors (Lipinski definition) is 4. The van der Waals surface area contributed by atoms with Gasteiger partial charge in [-0.2, -0.15) is 0 Å². The van der Waals surface area contributed by atoms with Crippen molar-refractivity contribution in [1.29, 1.82) is 0 Å². The predicted octanol–water partition coefficient (Wildman–Crippen LogP) is 5.44. The van der Waals surface area contributed by atoms with Gasteiger partial charge in [-0.05, 0) is 52.7 Å². The number of thioether (sulfide) groups is 2. The largest absolute Gasteiger partial charge is 0.493 e. The number of methoxy groups -OCH3 is 1. The van der Waals surface area contributed by atoms with Crippen LogP contribution in [-0.4, -0.2) is 18.6 Å². The minimum Gasteiger partial charge on any atom is -0.493 e. The maximum atomic E-state index is 5.92. The van der Waals surface area contributed by atoms with Gasteiger partial charge >= 0.3 is 0 Å². The Labute approximate surface area is 146 Å². The fourth-order valence-electron chi connectivity index (χ4n) is 2.32. The van der Waals surface area contributed by atoms with Crippen LogP contribution in [0.5, 0.6) is 11.5 Å². The van der Waals surface area contributed by atoms with Crippen molar-refractivity contribution >= 4 is 28.4 Å². The van der Waals surface area contributed by atoms with E-state index in [4.69, 9.17) is 9.47 Å².